The Balaban J connectivity index is 2.64. The summed E-state index contributed by atoms with van der Waals surface area (Å²) in [4.78, 5) is 4.43. The quantitative estimate of drug-likeness (QED) is 0.843. The van der Waals surface area contributed by atoms with Gasteiger partial charge in [0.2, 0.25) is 0 Å². The fourth-order valence-corrected chi connectivity index (χ4v) is 1.34. The van der Waals surface area contributed by atoms with Crippen molar-refractivity contribution in [2.75, 3.05) is 18.4 Å². The Morgan fingerprint density at radius 3 is 2.24 bits per heavy atom. The second kappa shape index (κ2) is 5.05. The molecule has 96 valence electrons. The van der Waals surface area contributed by atoms with Gasteiger partial charge in [0, 0.05) is 12.7 Å². The van der Waals surface area contributed by atoms with Crippen molar-refractivity contribution in [1.29, 1.82) is 0 Å². The van der Waals surface area contributed by atoms with Crippen LogP contribution in [0.15, 0.2) is 18.3 Å². The normalized spacial score (nSPS) is 12.6. The minimum Gasteiger partial charge on any atom is -0.369 e. The molecule has 3 heteroatoms. The van der Waals surface area contributed by atoms with Crippen LogP contribution in [0.1, 0.15) is 40.2 Å². The Morgan fingerprint density at radius 2 is 1.82 bits per heavy atom. The third-order valence-electron chi connectivity index (χ3n) is 2.93. The van der Waals surface area contributed by atoms with E-state index in [2.05, 4.69) is 51.0 Å². The molecule has 1 rings (SSSR count). The number of hydrogen-bond acceptors (Lipinski definition) is 3. The number of aromatic nitrogens is 1. The molecule has 0 spiro atoms. The van der Waals surface area contributed by atoms with Crippen LogP contribution in [0.4, 0.5) is 5.82 Å². The number of rotatable bonds is 4. The molecule has 0 aromatic carbocycles. The van der Waals surface area contributed by atoms with Crippen molar-refractivity contribution in [1.82, 2.24) is 4.98 Å². The van der Waals surface area contributed by atoms with Crippen molar-refractivity contribution >= 4 is 5.82 Å². The van der Waals surface area contributed by atoms with E-state index in [4.69, 9.17) is 5.73 Å². The van der Waals surface area contributed by atoms with Crippen LogP contribution < -0.4 is 11.1 Å². The number of anilines is 1. The number of nitrogens with zero attached hydrogens (tertiary/aromatic N) is 1. The van der Waals surface area contributed by atoms with Gasteiger partial charge in [0.05, 0.1) is 0 Å². The zero-order valence-electron chi connectivity index (χ0n) is 11.7. The van der Waals surface area contributed by atoms with Gasteiger partial charge >= 0.3 is 0 Å². The second-order valence-corrected chi connectivity index (χ2v) is 6.40. The summed E-state index contributed by atoms with van der Waals surface area (Å²) in [6, 6.07) is 4.16. The number of hydrogen-bond donors (Lipinski definition) is 2. The van der Waals surface area contributed by atoms with E-state index >= 15 is 0 Å². The Hall–Kier alpha value is -1.09. The summed E-state index contributed by atoms with van der Waals surface area (Å²) >= 11 is 0. The summed E-state index contributed by atoms with van der Waals surface area (Å²) in [6.07, 6.45) is 1.94. The summed E-state index contributed by atoms with van der Waals surface area (Å²) in [5, 5.41) is 3.32. The van der Waals surface area contributed by atoms with Crippen LogP contribution in [0.3, 0.4) is 0 Å². The summed E-state index contributed by atoms with van der Waals surface area (Å²) < 4.78 is 0. The largest absolute Gasteiger partial charge is 0.369 e. The van der Waals surface area contributed by atoms with Gasteiger partial charge in [-0.05, 0) is 29.0 Å². The third-order valence-corrected chi connectivity index (χ3v) is 2.93. The number of pyridine rings is 1. The summed E-state index contributed by atoms with van der Waals surface area (Å²) in [5.41, 5.74) is 7.20. The summed E-state index contributed by atoms with van der Waals surface area (Å²) in [6.45, 7) is 12.4. The summed E-state index contributed by atoms with van der Waals surface area (Å²) in [5.74, 6) is 0.916. The highest BCUT2D eigenvalue weighted by atomic mass is 15.0. The van der Waals surface area contributed by atoms with E-state index in [1.54, 1.807) is 0 Å². The van der Waals surface area contributed by atoms with Gasteiger partial charge in [-0.2, -0.15) is 0 Å². The molecule has 3 nitrogen and oxygen atoms in total. The first-order chi connectivity index (χ1) is 7.74. The molecule has 3 N–H and O–H groups in total. The second-order valence-electron chi connectivity index (χ2n) is 6.40. The number of nitrogens with two attached hydrogens (primary N) is 1. The predicted molar refractivity (Wildman–Crippen MR) is 74.3 cm³/mol. The van der Waals surface area contributed by atoms with Gasteiger partial charge in [-0.3, -0.25) is 0 Å². The molecule has 0 radical (unpaired) electrons. The van der Waals surface area contributed by atoms with Crippen LogP contribution in [0.2, 0.25) is 0 Å². The molecule has 0 aliphatic rings. The molecule has 1 aromatic heterocycles. The fraction of sp³-hybridized carbons (Fsp3) is 0.643. The number of nitrogens with one attached hydrogen (secondary N) is 1. The lowest BCUT2D eigenvalue weighted by Gasteiger charge is -2.23. The van der Waals surface area contributed by atoms with Crippen LogP contribution in [-0.2, 0) is 5.41 Å². The molecule has 0 saturated carbocycles. The smallest absolute Gasteiger partial charge is 0.125 e. The van der Waals surface area contributed by atoms with Gasteiger partial charge in [-0.25, -0.2) is 4.98 Å². The average molecular weight is 235 g/mol. The molecule has 1 aromatic rings. The Kier molecular flexibility index (Phi) is 4.15. The standard InChI is InChI=1S/C14H25N3/c1-13(2,3)11-6-7-12(16-8-11)17-10-14(4,5)9-15/h6-8H,9-10,15H2,1-5H3,(H,16,17). The molecule has 0 bridgehead atoms. The van der Waals surface area contributed by atoms with Crippen molar-refractivity contribution in [2.45, 2.75) is 40.0 Å². The molecule has 0 unspecified atom stereocenters. The van der Waals surface area contributed by atoms with Crippen molar-refractivity contribution in [3.63, 3.8) is 0 Å². The van der Waals surface area contributed by atoms with Crippen LogP contribution >= 0.6 is 0 Å². The minimum atomic E-state index is 0.102. The molecule has 0 saturated heterocycles. The zero-order chi connectivity index (χ0) is 13.1. The van der Waals surface area contributed by atoms with E-state index in [-0.39, 0.29) is 10.8 Å². The Labute approximate surface area is 105 Å². The van der Waals surface area contributed by atoms with Crippen LogP contribution in [0.25, 0.3) is 0 Å². The van der Waals surface area contributed by atoms with Gasteiger partial charge in [0.25, 0.3) is 0 Å². The molecule has 0 aliphatic carbocycles. The summed E-state index contributed by atoms with van der Waals surface area (Å²) in [7, 11) is 0. The highest BCUT2D eigenvalue weighted by Gasteiger charge is 2.16. The molecule has 0 aliphatic heterocycles. The van der Waals surface area contributed by atoms with Crippen molar-refractivity contribution in [3.05, 3.63) is 23.9 Å². The van der Waals surface area contributed by atoms with Gasteiger partial charge in [0.15, 0.2) is 0 Å². The molecular weight excluding hydrogens is 210 g/mol. The van der Waals surface area contributed by atoms with Crippen LogP contribution in [-0.4, -0.2) is 18.1 Å². The van der Waals surface area contributed by atoms with Gasteiger partial charge < -0.3 is 11.1 Å². The fourth-order valence-electron chi connectivity index (χ4n) is 1.34. The maximum absolute atomic E-state index is 5.69. The maximum Gasteiger partial charge on any atom is 0.125 e. The van der Waals surface area contributed by atoms with Crippen molar-refractivity contribution < 1.29 is 0 Å². The van der Waals surface area contributed by atoms with Gasteiger partial charge in [-0.1, -0.05) is 40.7 Å². The lowest BCUT2D eigenvalue weighted by molar-refractivity contribution is 0.405. The zero-order valence-corrected chi connectivity index (χ0v) is 11.7. The Morgan fingerprint density at radius 1 is 1.18 bits per heavy atom. The average Bonchev–Trinajstić information content (AvgIpc) is 2.26. The van der Waals surface area contributed by atoms with E-state index in [1.165, 1.54) is 5.56 Å². The third kappa shape index (κ3) is 4.35. The van der Waals surface area contributed by atoms with Crippen LogP contribution in [0.5, 0.6) is 0 Å². The first-order valence-corrected chi connectivity index (χ1v) is 6.15. The first kappa shape index (κ1) is 14.0. The van der Waals surface area contributed by atoms with E-state index in [1.807, 2.05) is 12.3 Å². The molecule has 0 atom stereocenters. The van der Waals surface area contributed by atoms with E-state index in [0.717, 1.165) is 12.4 Å². The van der Waals surface area contributed by atoms with Crippen molar-refractivity contribution in [3.8, 4) is 0 Å². The van der Waals surface area contributed by atoms with Crippen molar-refractivity contribution in [2.24, 2.45) is 11.1 Å². The van der Waals surface area contributed by atoms with Gasteiger partial charge in [-0.15, -0.1) is 0 Å². The Bertz CT molecular complexity index is 347. The van der Waals surface area contributed by atoms with E-state index < -0.39 is 0 Å². The highest BCUT2D eigenvalue weighted by molar-refractivity contribution is 5.37. The minimum absolute atomic E-state index is 0.102. The SMILES string of the molecule is CC(C)(CN)CNc1ccc(C(C)(C)C)cn1. The van der Waals surface area contributed by atoms with E-state index in [9.17, 15) is 0 Å². The highest BCUT2D eigenvalue weighted by Crippen LogP contribution is 2.22. The first-order valence-electron chi connectivity index (χ1n) is 6.15. The maximum atomic E-state index is 5.69. The monoisotopic (exact) mass is 235 g/mol. The van der Waals surface area contributed by atoms with Crippen LogP contribution in [0, 0.1) is 5.41 Å². The molecule has 0 amide bonds. The molecule has 17 heavy (non-hydrogen) atoms. The lowest BCUT2D eigenvalue weighted by atomic mass is 9.88. The molecule has 0 fully saturated rings. The predicted octanol–water partition coefficient (Wildman–Crippen LogP) is 2.78. The van der Waals surface area contributed by atoms with Gasteiger partial charge in [0.1, 0.15) is 5.82 Å². The molecule has 1 heterocycles. The lowest BCUT2D eigenvalue weighted by Crippen LogP contribution is -2.31. The molecular formula is C14H25N3. The topological polar surface area (TPSA) is 50.9 Å². The van der Waals surface area contributed by atoms with E-state index in [0.29, 0.717) is 6.54 Å².